The predicted octanol–water partition coefficient (Wildman–Crippen LogP) is 4.91. The first-order valence-corrected chi connectivity index (χ1v) is 10.6. The quantitative estimate of drug-likeness (QED) is 0.550. The van der Waals surface area contributed by atoms with Crippen molar-refractivity contribution in [2.45, 2.75) is 52.7 Å². The molecule has 0 spiro atoms. The van der Waals surface area contributed by atoms with Gasteiger partial charge >= 0.3 is 0 Å². The van der Waals surface area contributed by atoms with E-state index < -0.39 is 6.10 Å². The number of nitrogens with zero attached hydrogens (tertiary/aromatic N) is 3. The Kier molecular flexibility index (Phi) is 6.37. The summed E-state index contributed by atoms with van der Waals surface area (Å²) in [5.41, 5.74) is 1.29. The summed E-state index contributed by atoms with van der Waals surface area (Å²) in [4.78, 5) is 19.8. The van der Waals surface area contributed by atoms with Crippen LogP contribution in [0.5, 0.6) is 5.75 Å². The number of aromatic nitrogens is 2. The summed E-state index contributed by atoms with van der Waals surface area (Å²) in [6.45, 7) is 10.9. The number of carbonyl (C=O) groups is 1. The normalized spacial score (nSPS) is 12.6. The molecule has 0 fully saturated rings. The molecule has 0 saturated heterocycles. The maximum atomic E-state index is 12.9. The fraction of sp³-hybridized carbons (Fsp3) is 0.409. The van der Waals surface area contributed by atoms with Crippen molar-refractivity contribution in [1.82, 2.24) is 15.0 Å². The highest BCUT2D eigenvalue weighted by atomic mass is 32.1. The lowest BCUT2D eigenvalue weighted by Gasteiger charge is -2.24. The number of rotatable bonds is 7. The van der Waals surface area contributed by atoms with Gasteiger partial charge in [-0.25, -0.2) is 0 Å². The molecule has 2 heterocycles. The van der Waals surface area contributed by atoms with Crippen molar-refractivity contribution in [3.05, 3.63) is 53.2 Å². The lowest BCUT2D eigenvalue weighted by Crippen LogP contribution is -2.40. The summed E-state index contributed by atoms with van der Waals surface area (Å²) in [6.07, 6.45) is -0.616. The molecule has 0 aliphatic rings. The average Bonchev–Trinajstić information content (AvgIpc) is 3.37. The summed E-state index contributed by atoms with van der Waals surface area (Å²) in [5.74, 6) is 1.50. The highest BCUT2D eigenvalue weighted by molar-refractivity contribution is 7.13. The maximum absolute atomic E-state index is 12.9. The molecule has 0 aliphatic heterocycles. The number of thiophene rings is 1. The first-order valence-electron chi connectivity index (χ1n) is 9.70. The molecule has 1 amide bonds. The zero-order valence-corrected chi connectivity index (χ0v) is 18.3. The van der Waals surface area contributed by atoms with E-state index in [9.17, 15) is 4.79 Å². The van der Waals surface area contributed by atoms with Crippen molar-refractivity contribution in [2.75, 3.05) is 6.54 Å². The Morgan fingerprint density at radius 2 is 1.97 bits per heavy atom. The number of amides is 1. The molecule has 2 aromatic heterocycles. The SMILES string of the molecule is CCN(Cc1nc(-c2cccs2)no1)C(=O)[C@H](C)Oc1ccc(C(C)(C)C)cc1. The number of hydrogen-bond acceptors (Lipinski definition) is 6. The third-order valence-electron chi connectivity index (χ3n) is 4.61. The standard InChI is InChI=1S/C22H27N3O3S/c1-6-25(14-19-23-20(24-28-19)18-8-7-13-29-18)21(26)15(2)27-17-11-9-16(10-12-17)22(3,4)5/h7-13,15H,6,14H2,1-5H3/t15-/m0/s1. The van der Waals surface area contributed by atoms with Crippen LogP contribution in [0.1, 0.15) is 46.1 Å². The molecular weight excluding hydrogens is 386 g/mol. The minimum absolute atomic E-state index is 0.0744. The molecular formula is C22H27N3O3S. The van der Waals surface area contributed by atoms with Crippen LogP contribution in [0, 0.1) is 0 Å². The van der Waals surface area contributed by atoms with Gasteiger partial charge in [0.2, 0.25) is 11.7 Å². The van der Waals surface area contributed by atoms with Gasteiger partial charge in [-0.2, -0.15) is 4.98 Å². The minimum Gasteiger partial charge on any atom is -0.481 e. The Labute approximate surface area is 175 Å². The van der Waals surface area contributed by atoms with Gasteiger partial charge in [0, 0.05) is 6.54 Å². The fourth-order valence-corrected chi connectivity index (χ4v) is 3.53. The summed E-state index contributed by atoms with van der Waals surface area (Å²) < 4.78 is 11.2. The zero-order chi connectivity index (χ0) is 21.0. The van der Waals surface area contributed by atoms with Gasteiger partial charge in [-0.05, 0) is 48.4 Å². The second kappa shape index (κ2) is 8.78. The first-order chi connectivity index (χ1) is 13.8. The van der Waals surface area contributed by atoms with Gasteiger partial charge in [-0.1, -0.05) is 44.1 Å². The van der Waals surface area contributed by atoms with Crippen LogP contribution in [0.2, 0.25) is 0 Å². The van der Waals surface area contributed by atoms with E-state index in [1.807, 2.05) is 48.7 Å². The molecule has 29 heavy (non-hydrogen) atoms. The Hall–Kier alpha value is -2.67. The van der Waals surface area contributed by atoms with Crippen LogP contribution in [0.3, 0.4) is 0 Å². The molecule has 7 heteroatoms. The molecule has 1 atom stereocenters. The second-order valence-corrected chi connectivity index (χ2v) is 8.82. The lowest BCUT2D eigenvalue weighted by molar-refractivity contribution is -0.138. The molecule has 0 saturated carbocycles. The smallest absolute Gasteiger partial charge is 0.263 e. The summed E-state index contributed by atoms with van der Waals surface area (Å²) in [6, 6.07) is 11.8. The third kappa shape index (κ3) is 5.23. The van der Waals surface area contributed by atoms with E-state index in [1.165, 1.54) is 5.56 Å². The highest BCUT2D eigenvalue weighted by Gasteiger charge is 2.24. The second-order valence-electron chi connectivity index (χ2n) is 7.88. The van der Waals surface area contributed by atoms with E-state index in [4.69, 9.17) is 9.26 Å². The van der Waals surface area contributed by atoms with Crippen molar-refractivity contribution in [3.63, 3.8) is 0 Å². The van der Waals surface area contributed by atoms with Crippen LogP contribution >= 0.6 is 11.3 Å². The van der Waals surface area contributed by atoms with Crippen LogP contribution in [-0.4, -0.2) is 33.6 Å². The van der Waals surface area contributed by atoms with Gasteiger partial charge in [-0.3, -0.25) is 4.79 Å². The van der Waals surface area contributed by atoms with Crippen molar-refractivity contribution >= 4 is 17.2 Å². The largest absolute Gasteiger partial charge is 0.481 e. The van der Waals surface area contributed by atoms with Crippen LogP contribution in [0.4, 0.5) is 0 Å². The predicted molar refractivity (Wildman–Crippen MR) is 114 cm³/mol. The molecule has 0 aliphatic carbocycles. The summed E-state index contributed by atoms with van der Waals surface area (Å²) >= 11 is 1.54. The van der Waals surface area contributed by atoms with Crippen LogP contribution in [0.15, 0.2) is 46.3 Å². The van der Waals surface area contributed by atoms with Gasteiger partial charge in [-0.15, -0.1) is 11.3 Å². The Morgan fingerprint density at radius 3 is 2.55 bits per heavy atom. The number of carbonyl (C=O) groups excluding carboxylic acids is 1. The molecule has 0 unspecified atom stereocenters. The first kappa shape index (κ1) is 21.0. The van der Waals surface area contributed by atoms with E-state index >= 15 is 0 Å². The van der Waals surface area contributed by atoms with Gasteiger partial charge in [0.05, 0.1) is 4.88 Å². The van der Waals surface area contributed by atoms with E-state index in [1.54, 1.807) is 23.2 Å². The van der Waals surface area contributed by atoms with E-state index in [0.29, 0.717) is 24.0 Å². The highest BCUT2D eigenvalue weighted by Crippen LogP contribution is 2.25. The van der Waals surface area contributed by atoms with Crippen LogP contribution in [0.25, 0.3) is 10.7 Å². The third-order valence-corrected chi connectivity index (χ3v) is 5.48. The van der Waals surface area contributed by atoms with Gasteiger partial charge < -0.3 is 14.2 Å². The minimum atomic E-state index is -0.616. The van der Waals surface area contributed by atoms with E-state index in [0.717, 1.165) is 4.88 Å². The van der Waals surface area contributed by atoms with Crippen molar-refractivity contribution < 1.29 is 14.1 Å². The zero-order valence-electron chi connectivity index (χ0n) is 17.5. The summed E-state index contributed by atoms with van der Waals surface area (Å²) in [7, 11) is 0. The summed E-state index contributed by atoms with van der Waals surface area (Å²) in [5, 5.41) is 5.96. The number of hydrogen-bond donors (Lipinski definition) is 0. The maximum Gasteiger partial charge on any atom is 0.263 e. The molecule has 0 N–H and O–H groups in total. The number of benzene rings is 1. The lowest BCUT2D eigenvalue weighted by atomic mass is 9.87. The molecule has 3 aromatic rings. The molecule has 1 aromatic carbocycles. The number of likely N-dealkylation sites (N-methyl/N-ethyl adjacent to an activating group) is 1. The Balaban J connectivity index is 1.62. The van der Waals surface area contributed by atoms with Crippen LogP contribution < -0.4 is 4.74 Å². The number of ether oxygens (including phenoxy) is 1. The average molecular weight is 414 g/mol. The van der Waals surface area contributed by atoms with Crippen molar-refractivity contribution in [2.24, 2.45) is 0 Å². The molecule has 6 nitrogen and oxygen atoms in total. The molecule has 0 bridgehead atoms. The monoisotopic (exact) mass is 413 g/mol. The Morgan fingerprint density at radius 1 is 1.24 bits per heavy atom. The fourth-order valence-electron chi connectivity index (χ4n) is 2.88. The van der Waals surface area contributed by atoms with E-state index in [-0.39, 0.29) is 17.9 Å². The molecule has 154 valence electrons. The van der Waals surface area contributed by atoms with E-state index in [2.05, 4.69) is 30.9 Å². The molecule has 0 radical (unpaired) electrons. The van der Waals surface area contributed by atoms with Gasteiger partial charge in [0.1, 0.15) is 12.3 Å². The van der Waals surface area contributed by atoms with Gasteiger partial charge in [0.15, 0.2) is 6.10 Å². The Bertz CT molecular complexity index is 927. The van der Waals surface area contributed by atoms with Gasteiger partial charge in [0.25, 0.3) is 5.91 Å². The van der Waals surface area contributed by atoms with Crippen molar-refractivity contribution in [3.8, 4) is 16.5 Å². The van der Waals surface area contributed by atoms with Crippen LogP contribution in [-0.2, 0) is 16.8 Å². The van der Waals surface area contributed by atoms with Crippen molar-refractivity contribution in [1.29, 1.82) is 0 Å². The molecule has 3 rings (SSSR count). The topological polar surface area (TPSA) is 68.5 Å².